The predicted octanol–water partition coefficient (Wildman–Crippen LogP) is 3.39. The van der Waals surface area contributed by atoms with Crippen LogP contribution in [-0.4, -0.2) is 20.7 Å². The summed E-state index contributed by atoms with van der Waals surface area (Å²) in [7, 11) is 3.63. The predicted molar refractivity (Wildman–Crippen MR) is 81.2 cm³/mol. The van der Waals surface area contributed by atoms with Gasteiger partial charge in [-0.2, -0.15) is 0 Å². The van der Waals surface area contributed by atoms with Gasteiger partial charge >= 0.3 is 0 Å². The van der Waals surface area contributed by atoms with Crippen molar-refractivity contribution >= 4 is 11.4 Å². The van der Waals surface area contributed by atoms with E-state index in [2.05, 4.69) is 41.0 Å². The molecule has 0 amide bonds. The average Bonchev–Trinajstić information content (AvgIpc) is 2.48. The number of hydrogen-bond acceptors (Lipinski definition) is 3. The quantitative estimate of drug-likeness (QED) is 0.831. The zero-order chi connectivity index (χ0) is 13.5. The van der Waals surface area contributed by atoms with Crippen molar-refractivity contribution in [2.45, 2.75) is 6.42 Å². The first kappa shape index (κ1) is 13.3. The van der Waals surface area contributed by atoms with Crippen LogP contribution in [0, 0.1) is 0 Å². The van der Waals surface area contributed by atoms with Gasteiger partial charge in [-0.3, -0.25) is 0 Å². The Kier molecular flexibility index (Phi) is 4.67. The summed E-state index contributed by atoms with van der Waals surface area (Å²) in [6.07, 6.45) is 0.942. The maximum atomic E-state index is 5.34. The van der Waals surface area contributed by atoms with E-state index in [1.165, 1.54) is 5.56 Å². The normalized spacial score (nSPS) is 10.0. The molecule has 0 unspecified atom stereocenters. The number of para-hydroxylation sites is 1. The summed E-state index contributed by atoms with van der Waals surface area (Å²) in [5.41, 5.74) is 3.48. The van der Waals surface area contributed by atoms with Crippen molar-refractivity contribution in [3.05, 3.63) is 54.1 Å². The van der Waals surface area contributed by atoms with E-state index in [1.54, 1.807) is 7.11 Å². The van der Waals surface area contributed by atoms with Gasteiger partial charge in [0.15, 0.2) is 0 Å². The molecule has 0 radical (unpaired) electrons. The number of ether oxygens (including phenoxy) is 1. The molecule has 0 heterocycles. The fourth-order valence-electron chi connectivity index (χ4n) is 2.01. The van der Waals surface area contributed by atoms with Crippen molar-refractivity contribution in [3.8, 4) is 5.75 Å². The average molecular weight is 256 g/mol. The Labute approximate surface area is 114 Å². The van der Waals surface area contributed by atoms with Crippen LogP contribution in [0.3, 0.4) is 0 Å². The molecular formula is C16H20N2O. The highest BCUT2D eigenvalue weighted by Gasteiger charge is 2.01. The van der Waals surface area contributed by atoms with Crippen LogP contribution >= 0.6 is 0 Å². The molecule has 0 atom stereocenters. The van der Waals surface area contributed by atoms with Crippen LogP contribution in [0.25, 0.3) is 0 Å². The largest absolute Gasteiger partial charge is 0.496 e. The zero-order valence-electron chi connectivity index (χ0n) is 11.4. The number of rotatable bonds is 6. The van der Waals surface area contributed by atoms with Crippen LogP contribution < -0.4 is 15.4 Å². The minimum absolute atomic E-state index is 0.888. The van der Waals surface area contributed by atoms with Crippen LogP contribution in [0.2, 0.25) is 0 Å². The molecule has 0 aromatic heterocycles. The van der Waals surface area contributed by atoms with E-state index in [4.69, 9.17) is 4.74 Å². The number of benzene rings is 2. The lowest BCUT2D eigenvalue weighted by Crippen LogP contribution is -2.05. The van der Waals surface area contributed by atoms with Crippen LogP contribution in [0.5, 0.6) is 5.75 Å². The molecule has 2 aromatic rings. The Morgan fingerprint density at radius 3 is 2.32 bits per heavy atom. The van der Waals surface area contributed by atoms with E-state index >= 15 is 0 Å². The lowest BCUT2D eigenvalue weighted by molar-refractivity contribution is 0.410. The Morgan fingerprint density at radius 2 is 1.63 bits per heavy atom. The summed E-state index contributed by atoms with van der Waals surface area (Å²) >= 11 is 0. The summed E-state index contributed by atoms with van der Waals surface area (Å²) < 4.78 is 5.34. The van der Waals surface area contributed by atoms with Gasteiger partial charge in [0.05, 0.1) is 7.11 Å². The number of anilines is 2. The van der Waals surface area contributed by atoms with Crippen molar-refractivity contribution < 1.29 is 4.74 Å². The Bertz CT molecular complexity index is 508. The summed E-state index contributed by atoms with van der Waals surface area (Å²) in [5.74, 6) is 0.954. The molecule has 19 heavy (non-hydrogen) atoms. The molecule has 0 aliphatic rings. The fraction of sp³-hybridized carbons (Fsp3) is 0.250. The summed E-state index contributed by atoms with van der Waals surface area (Å²) in [6, 6.07) is 16.4. The van der Waals surface area contributed by atoms with Gasteiger partial charge in [0.25, 0.3) is 0 Å². The molecule has 0 saturated heterocycles. The Balaban J connectivity index is 1.88. The van der Waals surface area contributed by atoms with Crippen LogP contribution in [0.15, 0.2) is 48.5 Å². The zero-order valence-corrected chi connectivity index (χ0v) is 11.4. The van der Waals surface area contributed by atoms with Crippen molar-refractivity contribution in [3.63, 3.8) is 0 Å². The molecule has 100 valence electrons. The topological polar surface area (TPSA) is 33.3 Å². The highest BCUT2D eigenvalue weighted by molar-refractivity contribution is 5.53. The lowest BCUT2D eigenvalue weighted by atomic mass is 10.1. The van der Waals surface area contributed by atoms with E-state index < -0.39 is 0 Å². The van der Waals surface area contributed by atoms with Crippen molar-refractivity contribution in [1.29, 1.82) is 0 Å². The molecule has 0 fully saturated rings. The molecule has 2 N–H and O–H groups in total. The van der Waals surface area contributed by atoms with E-state index in [1.807, 2.05) is 25.2 Å². The smallest absolute Gasteiger partial charge is 0.122 e. The first-order valence-electron chi connectivity index (χ1n) is 6.47. The van der Waals surface area contributed by atoms with Gasteiger partial charge in [0, 0.05) is 25.0 Å². The molecule has 0 aliphatic carbocycles. The number of nitrogens with one attached hydrogen (secondary N) is 2. The molecule has 3 nitrogen and oxygen atoms in total. The minimum atomic E-state index is 0.888. The fourth-order valence-corrected chi connectivity index (χ4v) is 2.01. The molecule has 2 rings (SSSR count). The van der Waals surface area contributed by atoms with Gasteiger partial charge in [0.2, 0.25) is 0 Å². The first-order valence-corrected chi connectivity index (χ1v) is 6.47. The van der Waals surface area contributed by atoms with Gasteiger partial charge in [-0.05, 0) is 42.3 Å². The Hall–Kier alpha value is -2.16. The second-order valence-electron chi connectivity index (χ2n) is 4.32. The van der Waals surface area contributed by atoms with Gasteiger partial charge in [-0.15, -0.1) is 0 Å². The summed E-state index contributed by atoms with van der Waals surface area (Å²) in [4.78, 5) is 0. The number of hydrogen-bond donors (Lipinski definition) is 2. The third-order valence-electron chi connectivity index (χ3n) is 3.09. The number of methoxy groups -OCH3 is 1. The van der Waals surface area contributed by atoms with Crippen LogP contribution in [0.4, 0.5) is 11.4 Å². The van der Waals surface area contributed by atoms with Gasteiger partial charge < -0.3 is 15.4 Å². The standard InChI is InChI=1S/C16H20N2O/c1-17-14-7-9-15(10-8-14)18-12-11-13-5-3-4-6-16(13)19-2/h3-10,17-18H,11-12H2,1-2H3. The molecule has 3 heteroatoms. The van der Waals surface area contributed by atoms with Crippen LogP contribution in [0.1, 0.15) is 5.56 Å². The molecule has 0 bridgehead atoms. The SMILES string of the molecule is CNc1ccc(NCCc2ccccc2OC)cc1. The maximum absolute atomic E-state index is 5.34. The highest BCUT2D eigenvalue weighted by Crippen LogP contribution is 2.18. The lowest BCUT2D eigenvalue weighted by Gasteiger charge is -2.10. The summed E-state index contributed by atoms with van der Waals surface area (Å²) in [5, 5.41) is 6.52. The molecule has 0 saturated carbocycles. The van der Waals surface area contributed by atoms with Gasteiger partial charge in [0.1, 0.15) is 5.75 Å². The molecule has 2 aromatic carbocycles. The third-order valence-corrected chi connectivity index (χ3v) is 3.09. The van der Waals surface area contributed by atoms with Crippen molar-refractivity contribution in [2.24, 2.45) is 0 Å². The molecule has 0 spiro atoms. The van der Waals surface area contributed by atoms with E-state index in [0.717, 1.165) is 30.1 Å². The van der Waals surface area contributed by atoms with Gasteiger partial charge in [-0.1, -0.05) is 18.2 Å². The first-order chi connectivity index (χ1) is 9.33. The molecular weight excluding hydrogens is 236 g/mol. The van der Waals surface area contributed by atoms with E-state index in [-0.39, 0.29) is 0 Å². The van der Waals surface area contributed by atoms with E-state index in [0.29, 0.717) is 0 Å². The Morgan fingerprint density at radius 1 is 0.947 bits per heavy atom. The van der Waals surface area contributed by atoms with Crippen molar-refractivity contribution in [1.82, 2.24) is 0 Å². The second kappa shape index (κ2) is 6.69. The monoisotopic (exact) mass is 256 g/mol. The highest BCUT2D eigenvalue weighted by atomic mass is 16.5. The van der Waals surface area contributed by atoms with Crippen molar-refractivity contribution in [2.75, 3.05) is 31.3 Å². The maximum Gasteiger partial charge on any atom is 0.122 e. The molecule has 0 aliphatic heterocycles. The van der Waals surface area contributed by atoms with E-state index in [9.17, 15) is 0 Å². The van der Waals surface area contributed by atoms with Gasteiger partial charge in [-0.25, -0.2) is 0 Å². The minimum Gasteiger partial charge on any atom is -0.496 e. The second-order valence-corrected chi connectivity index (χ2v) is 4.32. The third kappa shape index (κ3) is 3.65. The van der Waals surface area contributed by atoms with Crippen LogP contribution in [-0.2, 0) is 6.42 Å². The summed E-state index contributed by atoms with van der Waals surface area (Å²) in [6.45, 7) is 0.888.